The van der Waals surface area contributed by atoms with Gasteiger partial charge in [0.1, 0.15) is 5.75 Å². The molecule has 3 rings (SSSR count). The van der Waals surface area contributed by atoms with Crippen molar-refractivity contribution in [3.8, 4) is 5.75 Å². The number of rotatable bonds is 3. The van der Waals surface area contributed by atoms with Crippen LogP contribution in [0.5, 0.6) is 5.75 Å². The molecule has 1 aliphatic heterocycles. The van der Waals surface area contributed by atoms with E-state index in [1.165, 1.54) is 0 Å². The van der Waals surface area contributed by atoms with Gasteiger partial charge < -0.3 is 4.74 Å². The summed E-state index contributed by atoms with van der Waals surface area (Å²) in [6.45, 7) is 0.568. The number of hydrogen-bond donors (Lipinski definition) is 1. The van der Waals surface area contributed by atoms with Crippen molar-refractivity contribution in [2.45, 2.75) is 37.0 Å². The van der Waals surface area contributed by atoms with Crippen LogP contribution in [0.4, 0.5) is 0 Å². The molecule has 4 nitrogen and oxygen atoms in total. The minimum absolute atomic E-state index is 0.209. The van der Waals surface area contributed by atoms with Crippen LogP contribution in [-0.4, -0.2) is 20.3 Å². The molecular weight excluding hydrogens is 286 g/mol. The Morgan fingerprint density at radius 3 is 2.79 bits per heavy atom. The second-order valence-corrected chi connectivity index (χ2v) is 7.46. The summed E-state index contributed by atoms with van der Waals surface area (Å²) in [5.41, 5.74) is 0.842. The summed E-state index contributed by atoms with van der Waals surface area (Å²) in [6, 6.07) is 5.24. The lowest BCUT2D eigenvalue weighted by Gasteiger charge is -2.18. The van der Waals surface area contributed by atoms with Crippen LogP contribution in [0, 0.1) is 0 Å². The molecule has 0 unspecified atom stereocenters. The van der Waals surface area contributed by atoms with Crippen molar-refractivity contribution in [2.24, 2.45) is 0 Å². The van der Waals surface area contributed by atoms with Gasteiger partial charge >= 0.3 is 0 Å². The van der Waals surface area contributed by atoms with Crippen LogP contribution in [0.1, 0.15) is 37.3 Å². The Morgan fingerprint density at radius 1 is 1.26 bits per heavy atom. The highest BCUT2D eigenvalue weighted by Crippen LogP contribution is 2.38. The summed E-state index contributed by atoms with van der Waals surface area (Å²) in [5.74, 6) is 0.616. The van der Waals surface area contributed by atoms with E-state index >= 15 is 0 Å². The zero-order valence-electron chi connectivity index (χ0n) is 10.4. The van der Waals surface area contributed by atoms with E-state index in [-0.39, 0.29) is 11.3 Å². The minimum atomic E-state index is -3.21. The molecule has 1 N–H and O–H groups in total. The second kappa shape index (κ2) is 4.96. The first-order valence-electron chi connectivity index (χ1n) is 6.50. The Labute approximate surface area is 118 Å². The smallest absolute Gasteiger partial charge is 0.215 e. The Balaban J connectivity index is 1.92. The highest BCUT2D eigenvalue weighted by Gasteiger charge is 2.38. The van der Waals surface area contributed by atoms with Gasteiger partial charge in [0.05, 0.1) is 22.9 Å². The molecule has 6 heteroatoms. The van der Waals surface area contributed by atoms with Gasteiger partial charge in [-0.1, -0.05) is 23.7 Å². The highest BCUT2D eigenvalue weighted by molar-refractivity contribution is 7.90. The van der Waals surface area contributed by atoms with Crippen molar-refractivity contribution in [1.29, 1.82) is 0 Å². The van der Waals surface area contributed by atoms with E-state index in [2.05, 4.69) is 4.72 Å². The normalized spacial score (nSPS) is 23.3. The summed E-state index contributed by atoms with van der Waals surface area (Å²) in [4.78, 5) is 0. The first kappa shape index (κ1) is 13.2. The van der Waals surface area contributed by atoms with Crippen molar-refractivity contribution in [1.82, 2.24) is 4.72 Å². The third kappa shape index (κ3) is 2.73. The van der Waals surface area contributed by atoms with Crippen LogP contribution < -0.4 is 9.46 Å². The molecule has 1 aromatic carbocycles. The lowest BCUT2D eigenvalue weighted by Crippen LogP contribution is -2.31. The average Bonchev–Trinajstić information content (AvgIpc) is 3.17. The van der Waals surface area contributed by atoms with Crippen LogP contribution >= 0.6 is 11.6 Å². The number of nitrogens with one attached hydrogen (secondary N) is 1. The molecule has 0 aromatic heterocycles. The maximum Gasteiger partial charge on any atom is 0.215 e. The standard InChI is InChI=1S/C13H16ClNO3S/c14-11-4-1-3-10-12(5-2-8-18-13(10)11)15-19(16,17)9-6-7-9/h1,3-4,9,12,15H,2,5-8H2/t12-/m0/s1. The number of hydrogen-bond acceptors (Lipinski definition) is 3. The Bertz CT molecular complexity index is 584. The first-order chi connectivity index (χ1) is 9.08. The number of halogens is 1. The van der Waals surface area contributed by atoms with E-state index in [4.69, 9.17) is 16.3 Å². The molecule has 104 valence electrons. The van der Waals surface area contributed by atoms with Crippen molar-refractivity contribution in [3.63, 3.8) is 0 Å². The van der Waals surface area contributed by atoms with E-state index in [1.807, 2.05) is 12.1 Å². The molecule has 1 saturated carbocycles. The lowest BCUT2D eigenvalue weighted by molar-refractivity contribution is 0.316. The molecule has 0 amide bonds. The summed E-state index contributed by atoms with van der Waals surface area (Å²) >= 11 is 6.12. The van der Waals surface area contributed by atoms with Crippen LogP contribution in [-0.2, 0) is 10.0 Å². The highest BCUT2D eigenvalue weighted by atomic mass is 35.5. The van der Waals surface area contributed by atoms with Crippen molar-refractivity contribution in [3.05, 3.63) is 28.8 Å². The fourth-order valence-corrected chi connectivity index (χ4v) is 4.19. The van der Waals surface area contributed by atoms with Crippen LogP contribution in [0.15, 0.2) is 18.2 Å². The number of sulfonamides is 1. The summed E-state index contributed by atoms with van der Waals surface area (Å²) < 4.78 is 32.6. The summed E-state index contributed by atoms with van der Waals surface area (Å²) in [6.07, 6.45) is 3.07. The van der Waals surface area contributed by atoms with Gasteiger partial charge in [-0.2, -0.15) is 0 Å². The third-order valence-electron chi connectivity index (χ3n) is 3.53. The van der Waals surface area contributed by atoms with E-state index in [0.29, 0.717) is 17.4 Å². The molecule has 2 aliphatic rings. The van der Waals surface area contributed by atoms with Crippen LogP contribution in [0.25, 0.3) is 0 Å². The number of fused-ring (bicyclic) bond motifs is 1. The van der Waals surface area contributed by atoms with Gasteiger partial charge in [-0.05, 0) is 31.7 Å². The van der Waals surface area contributed by atoms with Crippen LogP contribution in [0.3, 0.4) is 0 Å². The largest absolute Gasteiger partial charge is 0.492 e. The molecule has 1 fully saturated rings. The van der Waals surface area contributed by atoms with Crippen LogP contribution in [0.2, 0.25) is 5.02 Å². The Hall–Kier alpha value is -0.780. The van der Waals surface area contributed by atoms with Gasteiger partial charge in [-0.3, -0.25) is 0 Å². The molecule has 1 heterocycles. The number of ether oxygens (including phenoxy) is 1. The van der Waals surface area contributed by atoms with Gasteiger partial charge in [0.2, 0.25) is 10.0 Å². The molecule has 1 atom stereocenters. The first-order valence-corrected chi connectivity index (χ1v) is 8.43. The second-order valence-electron chi connectivity index (χ2n) is 5.06. The monoisotopic (exact) mass is 301 g/mol. The molecule has 19 heavy (non-hydrogen) atoms. The third-order valence-corrected chi connectivity index (χ3v) is 5.79. The molecule has 0 bridgehead atoms. The number of benzene rings is 1. The molecule has 1 aliphatic carbocycles. The van der Waals surface area contributed by atoms with Crippen molar-refractivity contribution >= 4 is 21.6 Å². The quantitative estimate of drug-likeness (QED) is 0.934. The predicted molar refractivity (Wildman–Crippen MR) is 74.0 cm³/mol. The van der Waals surface area contributed by atoms with E-state index in [0.717, 1.165) is 31.2 Å². The molecule has 0 radical (unpaired) electrons. The average molecular weight is 302 g/mol. The predicted octanol–water partition coefficient (Wildman–Crippen LogP) is 2.64. The fraction of sp³-hybridized carbons (Fsp3) is 0.538. The molecular formula is C13H16ClNO3S. The van der Waals surface area contributed by atoms with Gasteiger partial charge in [0.25, 0.3) is 0 Å². The maximum atomic E-state index is 12.1. The van der Waals surface area contributed by atoms with Gasteiger partial charge in [-0.15, -0.1) is 0 Å². The van der Waals surface area contributed by atoms with E-state index < -0.39 is 10.0 Å². The van der Waals surface area contributed by atoms with Gasteiger partial charge in [0.15, 0.2) is 0 Å². The van der Waals surface area contributed by atoms with E-state index in [9.17, 15) is 8.42 Å². The number of para-hydroxylation sites is 1. The SMILES string of the molecule is O=S(=O)(N[C@H]1CCCOc2c(Cl)cccc21)C1CC1. The fourth-order valence-electron chi connectivity index (χ4n) is 2.36. The topological polar surface area (TPSA) is 55.4 Å². The summed E-state index contributed by atoms with van der Waals surface area (Å²) in [5, 5.41) is 0.328. The lowest BCUT2D eigenvalue weighted by atomic mass is 10.0. The zero-order chi connectivity index (χ0) is 13.5. The molecule has 0 spiro atoms. The van der Waals surface area contributed by atoms with Gasteiger partial charge in [-0.25, -0.2) is 13.1 Å². The van der Waals surface area contributed by atoms with E-state index in [1.54, 1.807) is 6.07 Å². The van der Waals surface area contributed by atoms with Crippen molar-refractivity contribution in [2.75, 3.05) is 6.61 Å². The molecule has 0 saturated heterocycles. The maximum absolute atomic E-state index is 12.1. The zero-order valence-corrected chi connectivity index (χ0v) is 12.0. The summed E-state index contributed by atoms with van der Waals surface area (Å²) in [7, 11) is -3.21. The molecule has 1 aromatic rings. The Morgan fingerprint density at radius 2 is 2.05 bits per heavy atom. The van der Waals surface area contributed by atoms with Gasteiger partial charge in [0, 0.05) is 5.56 Å². The van der Waals surface area contributed by atoms with Crippen molar-refractivity contribution < 1.29 is 13.2 Å². The minimum Gasteiger partial charge on any atom is -0.492 e. The Kier molecular flexibility index (Phi) is 3.45.